The molecule has 3 unspecified atom stereocenters. The summed E-state index contributed by atoms with van der Waals surface area (Å²) >= 11 is 0. The molecule has 8 aromatic rings. The third-order valence-electron chi connectivity index (χ3n) is 17.1. The van der Waals surface area contributed by atoms with E-state index < -0.39 is 108 Å². The zero-order valence-corrected chi connectivity index (χ0v) is 54.9. The SMILES string of the molecule is N=C(N)NCCC[C@@H](NC(=O)CC[C@@H](NC(=O)c1ccc(NCc2cnc3nc(N)[nH]c(=O)c3n2)cc1)C(=O)O)C(=O)N[C@H](CC(=O)O)C(=O)NC(CSSCCC(=O)Nc1ccc2[nH]c(C(=O)Nc3ccc4[nH]c(C(=O)N5CC6CC67C5=CC(=O)c5ccccc57)cc4c3)cc2c1)C(=O)O. The molecular formula is C66H66N18O15S2. The Balaban J connectivity index is 0.618. The molecule has 4 aromatic carbocycles. The lowest BCUT2D eigenvalue weighted by molar-refractivity contribution is -0.143. The smallest absolute Gasteiger partial charge is 0.327 e. The lowest BCUT2D eigenvalue weighted by atomic mass is 9.81. The Kier molecular flexibility index (Phi) is 21.1. The number of nitrogens with zero attached hydrogens (tertiary/aromatic N) is 4. The van der Waals surface area contributed by atoms with Crippen molar-refractivity contribution in [3.63, 3.8) is 0 Å². The van der Waals surface area contributed by atoms with E-state index in [1.165, 1.54) is 30.5 Å². The van der Waals surface area contributed by atoms with Crippen LogP contribution in [0.4, 0.5) is 23.0 Å². The first-order valence-corrected chi connectivity index (χ1v) is 34.0. The van der Waals surface area contributed by atoms with Gasteiger partial charge >= 0.3 is 17.9 Å². The summed E-state index contributed by atoms with van der Waals surface area (Å²) in [6, 6.07) is 20.4. The van der Waals surface area contributed by atoms with E-state index in [1.807, 2.05) is 24.3 Å². The third kappa shape index (κ3) is 16.5. The van der Waals surface area contributed by atoms with Crippen molar-refractivity contribution in [2.45, 2.75) is 81.1 Å². The fraction of sp³-hybridized carbons (Fsp3) is 0.273. The number of aliphatic carboxylic acids is 3. The molecule has 5 heterocycles. The minimum atomic E-state index is -1.88. The van der Waals surface area contributed by atoms with Gasteiger partial charge < -0.3 is 84.2 Å². The van der Waals surface area contributed by atoms with Crippen LogP contribution in [0.15, 0.2) is 120 Å². The van der Waals surface area contributed by atoms with E-state index in [9.17, 15) is 72.9 Å². The molecule has 2 fully saturated rings. The first kappa shape index (κ1) is 70.2. The number of nitrogen functional groups attached to an aromatic ring is 1. The van der Waals surface area contributed by atoms with Crippen molar-refractivity contribution in [2.75, 3.05) is 46.3 Å². The number of aromatic nitrogens is 6. The van der Waals surface area contributed by atoms with E-state index in [4.69, 9.17) is 16.9 Å². The van der Waals surface area contributed by atoms with Crippen molar-refractivity contribution in [1.29, 1.82) is 5.41 Å². The van der Waals surface area contributed by atoms with Gasteiger partial charge in [-0.2, -0.15) is 4.98 Å². The summed E-state index contributed by atoms with van der Waals surface area (Å²) < 4.78 is 0. The number of carboxylic acid groups (broad SMARTS) is 3. The average molecular weight is 1420 g/mol. The molecule has 19 N–H and O–H groups in total. The summed E-state index contributed by atoms with van der Waals surface area (Å²) in [7, 11) is 2.10. The molecule has 33 nitrogen and oxygen atoms in total. The van der Waals surface area contributed by atoms with E-state index in [0.29, 0.717) is 62.4 Å². The summed E-state index contributed by atoms with van der Waals surface area (Å²) in [6.45, 7) is 0.641. The zero-order valence-electron chi connectivity index (χ0n) is 53.3. The van der Waals surface area contributed by atoms with Crippen molar-refractivity contribution < 1.29 is 68.1 Å². The van der Waals surface area contributed by atoms with Crippen LogP contribution in [0.1, 0.15) is 97.9 Å². The molecule has 1 aliphatic heterocycles. The minimum absolute atomic E-state index is 0.0211. The largest absolute Gasteiger partial charge is 0.481 e. The van der Waals surface area contributed by atoms with E-state index in [1.54, 1.807) is 59.5 Å². The number of guanidine groups is 1. The Morgan fingerprint density at radius 1 is 0.703 bits per heavy atom. The second-order valence-corrected chi connectivity index (χ2v) is 26.7. The van der Waals surface area contributed by atoms with E-state index >= 15 is 0 Å². The maximum absolute atomic E-state index is 14.0. The molecular weight excluding hydrogens is 1350 g/mol. The second kappa shape index (κ2) is 30.3. The summed E-state index contributed by atoms with van der Waals surface area (Å²) in [5.74, 6) is -10.1. The van der Waals surface area contributed by atoms with E-state index in [-0.39, 0.29) is 95.3 Å². The number of aromatic amines is 3. The molecule has 522 valence electrons. The number of anilines is 4. The fourth-order valence-electron chi connectivity index (χ4n) is 12.0. The van der Waals surface area contributed by atoms with Crippen LogP contribution in [-0.4, -0.2) is 170 Å². The number of likely N-dealkylation sites (tertiary alicyclic amines) is 1. The molecule has 35 heteroatoms. The van der Waals surface area contributed by atoms with Gasteiger partial charge in [0.25, 0.3) is 23.3 Å². The molecule has 0 bridgehead atoms. The number of rotatable bonds is 31. The molecule has 1 spiro atoms. The predicted octanol–water partition coefficient (Wildman–Crippen LogP) is 3.27. The van der Waals surface area contributed by atoms with Crippen molar-refractivity contribution in [2.24, 2.45) is 11.7 Å². The van der Waals surface area contributed by atoms with Crippen LogP contribution < -0.4 is 59.6 Å². The maximum atomic E-state index is 14.0. The number of nitrogens with two attached hydrogens (primary N) is 2. The molecule has 7 amide bonds. The molecule has 1 saturated carbocycles. The van der Waals surface area contributed by atoms with Crippen LogP contribution in [0.5, 0.6) is 0 Å². The van der Waals surface area contributed by atoms with Gasteiger partial charge in [0.1, 0.15) is 35.6 Å². The van der Waals surface area contributed by atoms with Gasteiger partial charge in [0.2, 0.25) is 29.6 Å². The van der Waals surface area contributed by atoms with Crippen LogP contribution in [0, 0.1) is 11.3 Å². The standard InChI is InChI=1S/C66H66N18O15S2/c67-64(68)70-18-3-6-43(78-51(86)16-15-44(62(96)97)79-56(90)31-7-9-35(10-8-31)71-27-38-28-72-55-54(74-38)60(94)83-65(69)82-55)57(91)80-46(24-53(88)89)59(93)81-48(63(98)99)30-101-100-19-17-52(87)73-36-11-13-41-32(20-36)22-45(76-41)58(92)75-37-12-14-42-33(21-37)23-47(77-42)61(95)84-29-34-26-66(34)40-5-2-1-4-39(40)49(85)25-50(66)84/h1-2,4-5,7-14,20-23,25,28,34,43-44,46,48,71,76-77H,3,6,15-19,24,26-27,29-30H2,(H,73,87)(H,75,92)(H,78,86)(H,79,90)(H,80,91)(H,81,93)(H,88,89)(H,96,97)(H,98,99)(H4,67,68,70)(H3,69,72,82,83,94)/t34?,43-,44-,46-,48?,66?/m1/s1. The number of ketones is 1. The van der Waals surface area contributed by atoms with Gasteiger partial charge in [-0.05, 0) is 110 Å². The van der Waals surface area contributed by atoms with Crippen LogP contribution in [0.25, 0.3) is 33.0 Å². The molecule has 6 atom stereocenters. The molecule has 4 aromatic heterocycles. The Labute approximate surface area is 578 Å². The van der Waals surface area contributed by atoms with Crippen LogP contribution in [0.3, 0.4) is 0 Å². The predicted molar refractivity (Wildman–Crippen MR) is 371 cm³/mol. The number of carbonyl (C=O) groups is 11. The number of hydrogen-bond acceptors (Lipinski definition) is 20. The molecule has 1 saturated heterocycles. The summed E-state index contributed by atoms with van der Waals surface area (Å²) in [4.78, 5) is 179. The first-order valence-electron chi connectivity index (χ1n) is 31.5. The Bertz CT molecular complexity index is 4790. The molecule has 3 aliphatic rings. The Hall–Kier alpha value is -12.1. The van der Waals surface area contributed by atoms with Gasteiger partial charge in [-0.15, -0.1) is 0 Å². The quantitative estimate of drug-likeness (QED) is 0.0128. The van der Waals surface area contributed by atoms with Gasteiger partial charge in [0, 0.05) is 105 Å². The van der Waals surface area contributed by atoms with E-state index in [2.05, 4.69) is 72.4 Å². The van der Waals surface area contributed by atoms with Crippen molar-refractivity contribution >= 4 is 149 Å². The number of piperidine rings is 1. The highest BCUT2D eigenvalue weighted by Gasteiger charge is 2.67. The number of H-pyrrole nitrogens is 3. The number of fused-ring (bicyclic) bond motifs is 4. The van der Waals surface area contributed by atoms with Crippen molar-refractivity contribution in [1.82, 2.24) is 61.4 Å². The highest BCUT2D eigenvalue weighted by atomic mass is 33.1. The monoisotopic (exact) mass is 1410 g/mol. The highest BCUT2D eigenvalue weighted by Crippen LogP contribution is 2.66. The summed E-state index contributed by atoms with van der Waals surface area (Å²) in [6.07, 6.45) is 1.66. The lowest BCUT2D eigenvalue weighted by Gasteiger charge is -2.29. The number of hydrogen-bond donors (Lipinski definition) is 17. The van der Waals surface area contributed by atoms with E-state index in [0.717, 1.165) is 39.3 Å². The number of carbonyl (C=O) groups excluding carboxylic acids is 8. The van der Waals surface area contributed by atoms with Gasteiger partial charge in [-0.3, -0.25) is 58.3 Å². The lowest BCUT2D eigenvalue weighted by Crippen LogP contribution is -2.56. The van der Waals surface area contributed by atoms with Crippen LogP contribution >= 0.6 is 21.6 Å². The first-order chi connectivity index (χ1) is 48.4. The molecule has 11 rings (SSSR count). The second-order valence-electron chi connectivity index (χ2n) is 24.0. The van der Waals surface area contributed by atoms with Gasteiger partial charge in [0.05, 0.1) is 24.9 Å². The minimum Gasteiger partial charge on any atom is -0.481 e. The van der Waals surface area contributed by atoms with Crippen LogP contribution in [0.2, 0.25) is 0 Å². The maximum Gasteiger partial charge on any atom is 0.327 e. The number of benzene rings is 4. The van der Waals surface area contributed by atoms with Gasteiger partial charge in [-0.25, -0.2) is 19.6 Å². The summed E-state index contributed by atoms with van der Waals surface area (Å²) in [5.41, 5.74) is 16.2. The van der Waals surface area contributed by atoms with Gasteiger partial charge in [0.15, 0.2) is 22.9 Å². The number of amides is 7. The number of carboxylic acids is 3. The fourth-order valence-corrected chi connectivity index (χ4v) is 14.2. The number of nitrogens with one attached hydrogen (secondary N) is 12. The van der Waals surface area contributed by atoms with Crippen LogP contribution in [-0.2, 0) is 45.5 Å². The number of allylic oxidation sites excluding steroid dienone is 2. The summed E-state index contributed by atoms with van der Waals surface area (Å²) in [5, 5.41) is 59.1. The zero-order chi connectivity index (χ0) is 71.8. The normalized spacial score (nSPS) is 16.0. The highest BCUT2D eigenvalue weighted by molar-refractivity contribution is 8.76. The third-order valence-corrected chi connectivity index (χ3v) is 19.5. The Morgan fingerprint density at radius 2 is 1.38 bits per heavy atom. The van der Waals surface area contributed by atoms with Gasteiger partial charge in [-0.1, -0.05) is 45.9 Å². The average Bonchev–Trinajstić information content (AvgIpc) is 1.50. The van der Waals surface area contributed by atoms with Crippen molar-refractivity contribution in [3.05, 3.63) is 159 Å². The molecule has 2 aliphatic carbocycles. The van der Waals surface area contributed by atoms with Crippen molar-refractivity contribution in [3.8, 4) is 0 Å². The molecule has 101 heavy (non-hydrogen) atoms. The Morgan fingerprint density at radius 3 is 2.09 bits per heavy atom. The topological polar surface area (TPSA) is 527 Å². The molecule has 0 radical (unpaired) electrons.